The highest BCUT2D eigenvalue weighted by Crippen LogP contribution is 2.45. The molecular formula is C74H128Br2N14O17P5S+. The number of aliphatic imine (C=N–C) groups is 3. The van der Waals surface area contributed by atoms with E-state index in [0.29, 0.717) is 86.0 Å². The van der Waals surface area contributed by atoms with E-state index in [1.165, 1.54) is 19.1 Å². The predicted molar refractivity (Wildman–Crippen MR) is 480 cm³/mol. The summed E-state index contributed by atoms with van der Waals surface area (Å²) in [6.07, 6.45) is 24.5. The van der Waals surface area contributed by atoms with Crippen molar-refractivity contribution in [2.75, 3.05) is 126 Å². The van der Waals surface area contributed by atoms with E-state index in [4.69, 9.17) is 73.0 Å². The number of amidine groups is 3. The molecule has 10 aliphatic rings. The van der Waals surface area contributed by atoms with Crippen LogP contribution in [0.1, 0.15) is 39.0 Å². The summed E-state index contributed by atoms with van der Waals surface area (Å²) in [6.45, 7) is 32.8. The SMILES string of the molecule is C=C1C=C(N)C(Br)=CN1[C@@H]1O[C@H](CCP(=C)(C)C)[C@@H](O)[C@H]1O.C=C1N=C(N)C(Br)=CN1[C@@H]1O[C@H](CCP(=C)(C)C)[C@@H](O)[C@H]1O.C=C1N=C(N)C(OC)=CN1[C@@H]1O[C@H](CCP(=C)(C)C)[C@@H](O)[C@H]1O.C=C1N=C(N)C(OC)=CN1[C@@H]1O[C@H](CCP(=C)(C)C)[C@@H](O)[C@H]1OC.C=P(C)(C)CC[C@H]1O[C@@H]([N+]2=CN(C)C(=S)NC2C)[C@H](O)[C@@H]1O. The van der Waals surface area contributed by atoms with E-state index in [1.807, 2.05) is 24.9 Å². The van der Waals surface area contributed by atoms with Crippen LogP contribution in [0.3, 0.4) is 0 Å². The van der Waals surface area contributed by atoms with E-state index in [1.54, 1.807) is 57.6 Å². The van der Waals surface area contributed by atoms with Crippen molar-refractivity contribution in [2.45, 2.75) is 168 Å². The number of nitrogens with zero attached hydrogens (tertiary/aromatic N) is 9. The third-order valence-corrected chi connectivity index (χ3v) is 28.6. The molecule has 18 N–H and O–H groups in total. The standard InChI is InChI=1S/C16H28N3O4P.C15H24BrN2O3P.C15H26N3O4P.C14H23BrN3O3P.C14H26N3O3PS/c1-10-18-15(17)12(21-2)9-19(10)16-14(22-3)13(20)11(23-16)7-8-24(4,5)6;1-9-7-11(17)10(16)8-18(9)15-14(20)13(19)12(21-15)5-6-22(2,3)4;1-9-17-14(16)11(21-2)8-18(9)15-13(20)12(19)10(22-15)6-7-23(3,4)5;1-8-17-13(16)9(15)7-18(8)14-12(20)11(19)10(21-14)5-6-22(2,3)4;1-9-15-14(22)16(2)8-17(9)13-12(19)11(18)10(20-13)6-7-21(3,4)5/h9,11,13-14,16,20H,1,4,7-8H2,2-3,5-6H3,(H2,17,18);7-8,12-15,19-20H,1-2,5-6,17H2,3-4H3;8,10,12-13,15,19-20H,1,3,6-7H2,2,4-5H3,(H2,16,17);7,10-12,14,19-20H,1-2,5-6H2,3-4H3,(H2,16,17);8-13,18-19H,3,6-7H2,1-2,4-5H3/p+1/t11-,13-,14-,16-;12-,13-,14-,15-;10-,12-,13-,15-;10-,11-,12-,14-;9?,10-,11-,12-,13-/m11111/s1. The molecule has 21 atom stereocenters. The smallest absolute Gasteiger partial charge is 0.265 e. The lowest BCUT2D eigenvalue weighted by molar-refractivity contribution is -0.649. The molecule has 10 rings (SSSR count). The van der Waals surface area contributed by atoms with Gasteiger partial charge in [0.15, 0.2) is 54.3 Å². The Balaban J connectivity index is 0.000000220. The van der Waals surface area contributed by atoms with Crippen molar-refractivity contribution in [1.82, 2.24) is 29.8 Å². The molecule has 0 aromatic heterocycles. The first-order valence-electron chi connectivity index (χ1n) is 36.7. The average Bonchev–Trinajstić information content (AvgIpc) is 1.68. The molecule has 1 unspecified atom stereocenters. The van der Waals surface area contributed by atoms with Crippen LogP contribution < -0.4 is 28.3 Å². The van der Waals surface area contributed by atoms with Crippen molar-refractivity contribution in [3.05, 3.63) is 107 Å². The molecule has 0 aromatic rings. The van der Waals surface area contributed by atoms with Gasteiger partial charge in [-0.3, -0.25) is 0 Å². The largest absolute Gasteiger partial charge is 0.491 e. The van der Waals surface area contributed by atoms with Gasteiger partial charge < -0.3 is 132 Å². The van der Waals surface area contributed by atoms with Crippen LogP contribution in [0, 0.1) is 0 Å². The summed E-state index contributed by atoms with van der Waals surface area (Å²) >= 11 is 11.8. The predicted octanol–water partition coefficient (Wildman–Crippen LogP) is 3.07. The van der Waals surface area contributed by atoms with E-state index in [0.717, 1.165) is 37.2 Å². The first kappa shape index (κ1) is 97.7. The van der Waals surface area contributed by atoms with Gasteiger partial charge in [-0.25, -0.2) is 24.5 Å². The Morgan fingerprint density at radius 3 is 1.17 bits per heavy atom. The second-order valence-corrected chi connectivity index (χ2v) is 56.5. The third kappa shape index (κ3) is 26.9. The fourth-order valence-electron chi connectivity index (χ4n) is 13.0. The minimum atomic E-state index is -1.23. The number of aliphatic hydroxyl groups excluding tert-OH is 9. The van der Waals surface area contributed by atoms with Crippen LogP contribution >= 0.6 is 78.5 Å². The summed E-state index contributed by atoms with van der Waals surface area (Å²) < 4.78 is 48.6. The Hall–Kier alpha value is -4.11. The quantitative estimate of drug-likeness (QED) is 0.0397. The molecule has 10 aliphatic heterocycles. The molecule has 5 saturated heterocycles. The van der Waals surface area contributed by atoms with Gasteiger partial charge in [0.25, 0.3) is 5.11 Å². The van der Waals surface area contributed by atoms with E-state index in [2.05, 4.69) is 177 Å². The fourth-order valence-corrected chi connectivity index (χ4v) is 18.6. The lowest BCUT2D eigenvalue weighted by atomic mass is 10.1. The van der Waals surface area contributed by atoms with Crippen LogP contribution in [0.5, 0.6) is 0 Å². The van der Waals surface area contributed by atoms with Gasteiger partial charge in [0.2, 0.25) is 12.6 Å². The number of thiocarbonyl (C=S) groups is 1. The Labute approximate surface area is 691 Å². The van der Waals surface area contributed by atoms with Gasteiger partial charge in [-0.05, 0) is 187 Å². The molecule has 5 fully saturated rings. The molecule has 39 heteroatoms. The zero-order valence-corrected chi connectivity index (χ0v) is 76.5. The van der Waals surface area contributed by atoms with Crippen molar-refractivity contribution in [2.24, 2.45) is 37.9 Å². The molecule has 113 heavy (non-hydrogen) atoms. The van der Waals surface area contributed by atoms with Gasteiger partial charge in [0.05, 0.1) is 73.2 Å². The number of halogens is 2. The lowest BCUT2D eigenvalue weighted by Gasteiger charge is -2.32. The van der Waals surface area contributed by atoms with Gasteiger partial charge in [-0.15, -0.1) is 65.9 Å². The number of hydrogen-bond donors (Lipinski definition) is 14. The topological polar surface area (TPSA) is 428 Å². The molecule has 0 bridgehead atoms. The van der Waals surface area contributed by atoms with E-state index < -0.39 is 145 Å². The lowest BCUT2D eigenvalue weighted by Crippen LogP contribution is -2.58. The summed E-state index contributed by atoms with van der Waals surface area (Å²) in [5.41, 5.74) is 24.2. The van der Waals surface area contributed by atoms with Gasteiger partial charge in [-0.2, -0.15) is 0 Å². The van der Waals surface area contributed by atoms with E-state index >= 15 is 0 Å². The zero-order chi connectivity index (χ0) is 85.4. The van der Waals surface area contributed by atoms with Crippen LogP contribution in [-0.4, -0.2) is 390 Å². The summed E-state index contributed by atoms with van der Waals surface area (Å²) in [6, 6.07) is 0. The first-order valence-corrected chi connectivity index (χ1v) is 54.0. The van der Waals surface area contributed by atoms with Gasteiger partial charge in [0.1, 0.15) is 84.3 Å². The molecule has 640 valence electrons. The number of methoxy groups -OCH3 is 3. The van der Waals surface area contributed by atoms with Crippen molar-refractivity contribution in [1.29, 1.82) is 0 Å². The monoisotopic (exact) mass is 1830 g/mol. The van der Waals surface area contributed by atoms with Gasteiger partial charge in [0, 0.05) is 30.9 Å². The normalized spacial score (nSPS) is 33.0. The maximum Gasteiger partial charge on any atom is 0.265 e. The molecule has 0 aliphatic carbocycles. The van der Waals surface area contributed by atoms with Crippen LogP contribution in [-0.2, 0) is 37.9 Å². The van der Waals surface area contributed by atoms with Crippen molar-refractivity contribution in [3.8, 4) is 0 Å². The van der Waals surface area contributed by atoms with Crippen molar-refractivity contribution in [3.63, 3.8) is 0 Å². The fraction of sp³-hybridized carbons (Fsp3) is 0.622. The van der Waals surface area contributed by atoms with Gasteiger partial charge >= 0.3 is 0 Å². The number of nitrogens with one attached hydrogen (secondary N) is 1. The molecule has 0 spiro atoms. The number of allylic oxidation sites excluding steroid dienone is 2. The minimum Gasteiger partial charge on any atom is -0.491 e. The average molecular weight is 1830 g/mol. The van der Waals surface area contributed by atoms with Crippen LogP contribution in [0.2, 0.25) is 0 Å². The minimum absolute atomic E-state index is 0.105. The highest BCUT2D eigenvalue weighted by Gasteiger charge is 2.52. The summed E-state index contributed by atoms with van der Waals surface area (Å²) in [7, 11) is 6.38. The number of rotatable bonds is 23. The highest BCUT2D eigenvalue weighted by atomic mass is 79.9. The Bertz CT molecular complexity index is 3900. The number of hydrogen-bond acceptors (Lipinski definition) is 29. The molecular weight excluding hydrogens is 1700 g/mol. The molecule has 31 nitrogen and oxygen atoms in total. The first-order chi connectivity index (χ1) is 52.1. The third-order valence-electron chi connectivity index (χ3n) is 19.6. The van der Waals surface area contributed by atoms with Crippen molar-refractivity contribution >= 4 is 139 Å². The number of nitrogens with two attached hydrogens (primary N) is 4. The van der Waals surface area contributed by atoms with Crippen LogP contribution in [0.4, 0.5) is 0 Å². The van der Waals surface area contributed by atoms with Crippen LogP contribution in [0.15, 0.2) is 122 Å². The van der Waals surface area contributed by atoms with E-state index in [-0.39, 0.29) is 30.0 Å². The highest BCUT2D eigenvalue weighted by molar-refractivity contribution is 9.12. The maximum absolute atomic E-state index is 10.6. The molecule has 10 heterocycles. The number of ether oxygens (including phenoxy) is 8. The second kappa shape index (κ2) is 40.8. The summed E-state index contributed by atoms with van der Waals surface area (Å²) in [5, 5.41) is 96.7. The Morgan fingerprint density at radius 2 is 0.796 bits per heavy atom. The number of aliphatic hydroxyl groups is 9. The molecule has 0 radical (unpaired) electrons. The Kier molecular flexibility index (Phi) is 35.3. The van der Waals surface area contributed by atoms with E-state index in [9.17, 15) is 46.0 Å². The summed E-state index contributed by atoms with van der Waals surface area (Å²) in [5.74, 6) is 2.66. The van der Waals surface area contributed by atoms with Gasteiger partial charge in [-0.1, -0.05) is 26.3 Å². The Morgan fingerprint density at radius 1 is 0.478 bits per heavy atom. The van der Waals surface area contributed by atoms with Crippen molar-refractivity contribution < 1.29 is 88.4 Å². The maximum atomic E-state index is 10.6. The molecule has 0 aromatic carbocycles. The molecule has 0 amide bonds. The summed E-state index contributed by atoms with van der Waals surface area (Å²) in [4.78, 5) is 20.6. The zero-order valence-electron chi connectivity index (χ0n) is 68.0. The second-order valence-electron chi connectivity index (χ2n) is 32.8. The van der Waals surface area contributed by atoms with Crippen LogP contribution in [0.25, 0.3) is 0 Å². The molecule has 0 saturated carbocycles.